The van der Waals surface area contributed by atoms with Gasteiger partial charge in [0.25, 0.3) is 5.91 Å². The molecule has 0 bridgehead atoms. The minimum absolute atomic E-state index is 0.120. The van der Waals surface area contributed by atoms with Gasteiger partial charge >= 0.3 is 0 Å². The molecule has 33 heavy (non-hydrogen) atoms. The molecule has 0 unspecified atom stereocenters. The third-order valence-electron chi connectivity index (χ3n) is 6.76. The summed E-state index contributed by atoms with van der Waals surface area (Å²) in [6.45, 7) is 0.374. The molecule has 0 saturated heterocycles. The number of hydrogen-bond acceptors (Lipinski definition) is 2. The van der Waals surface area contributed by atoms with Crippen LogP contribution in [0, 0.1) is 5.82 Å². The van der Waals surface area contributed by atoms with Crippen LogP contribution in [0.3, 0.4) is 0 Å². The second-order valence-corrected chi connectivity index (χ2v) is 8.66. The molecule has 2 aliphatic rings. The van der Waals surface area contributed by atoms with E-state index in [1.807, 2.05) is 48.5 Å². The van der Waals surface area contributed by atoms with Crippen molar-refractivity contribution < 1.29 is 14.0 Å². The molecular formula is C27H22FN3O2. The SMILES string of the molecule is O=C(NCCc1cccc(F)c1)[C@@H]1Cc2c([nH]c3ccccc23)[C@H]2c3ccccc3C(=O)N21. The number of amides is 2. The van der Waals surface area contributed by atoms with Crippen molar-refractivity contribution in [3.63, 3.8) is 0 Å². The number of H-pyrrole nitrogens is 1. The second kappa shape index (κ2) is 7.59. The Balaban J connectivity index is 1.34. The smallest absolute Gasteiger partial charge is 0.255 e. The highest BCUT2D eigenvalue weighted by Crippen LogP contribution is 2.46. The van der Waals surface area contributed by atoms with Crippen molar-refractivity contribution in [2.24, 2.45) is 0 Å². The van der Waals surface area contributed by atoms with Gasteiger partial charge in [0.05, 0.1) is 6.04 Å². The lowest BCUT2D eigenvalue weighted by molar-refractivity contribution is -0.126. The topological polar surface area (TPSA) is 65.2 Å². The summed E-state index contributed by atoms with van der Waals surface area (Å²) in [6.07, 6.45) is 0.966. The fourth-order valence-corrected chi connectivity index (χ4v) is 5.28. The first-order valence-corrected chi connectivity index (χ1v) is 11.1. The average Bonchev–Trinajstić information content (AvgIpc) is 3.34. The van der Waals surface area contributed by atoms with E-state index in [1.54, 1.807) is 11.0 Å². The predicted molar refractivity (Wildman–Crippen MR) is 123 cm³/mol. The Morgan fingerprint density at radius 3 is 2.76 bits per heavy atom. The van der Waals surface area contributed by atoms with Gasteiger partial charge in [-0.25, -0.2) is 4.39 Å². The van der Waals surface area contributed by atoms with E-state index in [2.05, 4.69) is 16.4 Å². The molecule has 6 rings (SSSR count). The maximum atomic E-state index is 13.5. The molecule has 2 amide bonds. The predicted octanol–water partition coefficient (Wildman–Crippen LogP) is 4.14. The molecule has 2 atom stereocenters. The number of benzene rings is 3. The zero-order chi connectivity index (χ0) is 22.5. The second-order valence-electron chi connectivity index (χ2n) is 8.66. The first-order valence-electron chi connectivity index (χ1n) is 11.1. The Morgan fingerprint density at radius 1 is 1.06 bits per heavy atom. The van der Waals surface area contributed by atoms with Crippen LogP contribution in [0.5, 0.6) is 0 Å². The van der Waals surface area contributed by atoms with E-state index >= 15 is 0 Å². The molecule has 3 aromatic carbocycles. The van der Waals surface area contributed by atoms with Crippen LogP contribution in [0.4, 0.5) is 4.39 Å². The van der Waals surface area contributed by atoms with Crippen LogP contribution in [0.1, 0.15) is 38.8 Å². The molecule has 0 fully saturated rings. The number of para-hydroxylation sites is 1. The Kier molecular flexibility index (Phi) is 4.54. The maximum absolute atomic E-state index is 13.5. The maximum Gasteiger partial charge on any atom is 0.255 e. The number of aromatic nitrogens is 1. The van der Waals surface area contributed by atoms with Crippen LogP contribution in [0.2, 0.25) is 0 Å². The molecule has 1 aromatic heterocycles. The summed E-state index contributed by atoms with van der Waals surface area (Å²) >= 11 is 0. The zero-order valence-corrected chi connectivity index (χ0v) is 17.8. The van der Waals surface area contributed by atoms with E-state index in [1.165, 1.54) is 12.1 Å². The zero-order valence-electron chi connectivity index (χ0n) is 17.8. The lowest BCUT2D eigenvalue weighted by Crippen LogP contribution is -2.52. The molecule has 0 aliphatic carbocycles. The van der Waals surface area contributed by atoms with E-state index < -0.39 is 6.04 Å². The summed E-state index contributed by atoms with van der Waals surface area (Å²) in [4.78, 5) is 32.0. The summed E-state index contributed by atoms with van der Waals surface area (Å²) in [5.74, 6) is -0.597. The first kappa shape index (κ1) is 19.7. The third-order valence-corrected chi connectivity index (χ3v) is 6.76. The minimum atomic E-state index is -0.617. The molecule has 2 N–H and O–H groups in total. The highest BCUT2D eigenvalue weighted by atomic mass is 19.1. The lowest BCUT2D eigenvalue weighted by atomic mass is 9.90. The summed E-state index contributed by atoms with van der Waals surface area (Å²) in [5.41, 5.74) is 5.46. The van der Waals surface area contributed by atoms with Gasteiger partial charge in [-0.3, -0.25) is 9.59 Å². The highest BCUT2D eigenvalue weighted by Gasteiger charge is 2.48. The van der Waals surface area contributed by atoms with Gasteiger partial charge in [0.15, 0.2) is 0 Å². The quantitative estimate of drug-likeness (QED) is 0.502. The van der Waals surface area contributed by atoms with Crippen LogP contribution in [0.25, 0.3) is 10.9 Å². The van der Waals surface area contributed by atoms with Crippen molar-refractivity contribution >= 4 is 22.7 Å². The molecule has 0 radical (unpaired) electrons. The number of nitrogens with zero attached hydrogens (tertiary/aromatic N) is 1. The van der Waals surface area contributed by atoms with Gasteiger partial charge in [0.2, 0.25) is 5.91 Å². The third kappa shape index (κ3) is 3.13. The van der Waals surface area contributed by atoms with Crippen LogP contribution in [-0.2, 0) is 17.6 Å². The summed E-state index contributed by atoms with van der Waals surface area (Å²) in [7, 11) is 0. The van der Waals surface area contributed by atoms with E-state index in [4.69, 9.17) is 0 Å². The lowest BCUT2D eigenvalue weighted by Gasteiger charge is -2.37. The molecule has 0 spiro atoms. The van der Waals surface area contributed by atoms with Gasteiger partial charge in [-0.2, -0.15) is 0 Å². The van der Waals surface area contributed by atoms with E-state index in [0.29, 0.717) is 24.9 Å². The number of rotatable bonds is 4. The van der Waals surface area contributed by atoms with Crippen LogP contribution < -0.4 is 5.32 Å². The number of hydrogen-bond donors (Lipinski definition) is 2. The Morgan fingerprint density at radius 2 is 1.88 bits per heavy atom. The van der Waals surface area contributed by atoms with Crippen molar-refractivity contribution in [2.45, 2.75) is 24.9 Å². The number of carbonyl (C=O) groups is 2. The number of fused-ring (bicyclic) bond motifs is 7. The monoisotopic (exact) mass is 439 g/mol. The van der Waals surface area contributed by atoms with Gasteiger partial charge in [0.1, 0.15) is 11.9 Å². The molecule has 2 aliphatic heterocycles. The molecular weight excluding hydrogens is 417 g/mol. The van der Waals surface area contributed by atoms with Gasteiger partial charge in [-0.05, 0) is 47.4 Å². The number of halogens is 1. The van der Waals surface area contributed by atoms with Gasteiger partial charge in [0, 0.05) is 35.1 Å². The molecule has 4 aromatic rings. The van der Waals surface area contributed by atoms with E-state index in [0.717, 1.165) is 33.3 Å². The molecule has 5 nitrogen and oxygen atoms in total. The fourth-order valence-electron chi connectivity index (χ4n) is 5.28. The number of nitrogens with one attached hydrogen (secondary N) is 2. The number of carbonyl (C=O) groups excluding carboxylic acids is 2. The van der Waals surface area contributed by atoms with E-state index in [9.17, 15) is 14.0 Å². The average molecular weight is 439 g/mol. The molecule has 164 valence electrons. The van der Waals surface area contributed by atoms with Crippen LogP contribution in [-0.4, -0.2) is 34.3 Å². The Hall–Kier alpha value is -3.93. The van der Waals surface area contributed by atoms with Crippen molar-refractivity contribution in [1.82, 2.24) is 15.2 Å². The van der Waals surface area contributed by atoms with Gasteiger partial charge in [-0.15, -0.1) is 0 Å². The Bertz CT molecular complexity index is 1410. The highest BCUT2D eigenvalue weighted by molar-refractivity contribution is 6.03. The minimum Gasteiger partial charge on any atom is -0.356 e. The van der Waals surface area contributed by atoms with Crippen molar-refractivity contribution in [1.29, 1.82) is 0 Å². The van der Waals surface area contributed by atoms with Crippen molar-refractivity contribution in [2.75, 3.05) is 6.54 Å². The van der Waals surface area contributed by atoms with E-state index in [-0.39, 0.29) is 23.7 Å². The van der Waals surface area contributed by atoms with Gasteiger partial charge in [-0.1, -0.05) is 48.5 Å². The van der Waals surface area contributed by atoms with Crippen LogP contribution >= 0.6 is 0 Å². The molecule has 6 heteroatoms. The van der Waals surface area contributed by atoms with Gasteiger partial charge < -0.3 is 15.2 Å². The van der Waals surface area contributed by atoms with Crippen molar-refractivity contribution in [3.05, 3.63) is 107 Å². The standard InChI is InChI=1S/C27H22FN3O2/c28-17-7-5-6-16(14-17)12-13-29-26(32)23-15-21-18-8-3-4-11-22(18)30-24(21)25-19-9-1-2-10-20(19)27(33)31(23)25/h1-11,14,23,25,30H,12-13,15H2,(H,29,32)/t23-,25+/m0/s1. The Labute approximate surface area is 190 Å². The van der Waals surface area contributed by atoms with Crippen LogP contribution in [0.15, 0.2) is 72.8 Å². The summed E-state index contributed by atoms with van der Waals surface area (Å²) in [6, 6.07) is 21.1. The van der Waals surface area contributed by atoms with Crippen molar-refractivity contribution in [3.8, 4) is 0 Å². The molecule has 0 saturated carbocycles. The fraction of sp³-hybridized carbons (Fsp3) is 0.185. The first-order chi connectivity index (χ1) is 16.1. The normalized spacial score (nSPS) is 18.7. The molecule has 3 heterocycles. The summed E-state index contributed by atoms with van der Waals surface area (Å²) in [5, 5.41) is 4.07. The summed E-state index contributed by atoms with van der Waals surface area (Å²) < 4.78 is 13.5. The largest absolute Gasteiger partial charge is 0.356 e. The number of aromatic amines is 1.